The third-order valence-electron chi connectivity index (χ3n) is 3.94. The Labute approximate surface area is 160 Å². The van der Waals surface area contributed by atoms with Gasteiger partial charge in [-0.05, 0) is 37.1 Å². The van der Waals surface area contributed by atoms with E-state index < -0.39 is 23.3 Å². The van der Waals surface area contributed by atoms with E-state index in [-0.39, 0.29) is 10.8 Å². The number of alkyl halides is 3. The van der Waals surface area contributed by atoms with Gasteiger partial charge < -0.3 is 0 Å². The number of amides is 1. The molecule has 3 aromatic rings. The number of halogens is 4. The van der Waals surface area contributed by atoms with Crippen molar-refractivity contribution in [2.45, 2.75) is 24.9 Å². The molecule has 0 aliphatic heterocycles. The Morgan fingerprint density at radius 1 is 1.22 bits per heavy atom. The second-order valence-electron chi connectivity index (χ2n) is 5.97. The molecule has 1 aromatic carbocycles. The Morgan fingerprint density at radius 2 is 1.93 bits per heavy atom. The molecule has 0 spiro atoms. The van der Waals surface area contributed by atoms with Gasteiger partial charge >= 0.3 is 6.18 Å². The lowest BCUT2D eigenvalue weighted by atomic mass is 10.2. The zero-order chi connectivity index (χ0) is 19.2. The number of rotatable bonds is 4. The monoisotopic (exact) mass is 413 g/mol. The number of nitrogens with zero attached hydrogens (tertiary/aromatic N) is 4. The molecule has 0 radical (unpaired) electrons. The molecule has 4 rings (SSSR count). The average molecular weight is 414 g/mol. The number of hydrogen-bond acceptors (Lipinski definition) is 5. The predicted molar refractivity (Wildman–Crippen MR) is 93.4 cm³/mol. The van der Waals surface area contributed by atoms with Gasteiger partial charge in [-0.15, -0.1) is 10.2 Å². The van der Waals surface area contributed by atoms with E-state index in [0.29, 0.717) is 15.6 Å². The van der Waals surface area contributed by atoms with Crippen LogP contribution in [0.3, 0.4) is 0 Å². The molecule has 0 bridgehead atoms. The Morgan fingerprint density at radius 3 is 2.56 bits per heavy atom. The predicted octanol–water partition coefficient (Wildman–Crippen LogP) is 4.53. The first-order valence-corrected chi connectivity index (χ1v) is 9.08. The van der Waals surface area contributed by atoms with Crippen LogP contribution in [0.2, 0.25) is 5.02 Å². The van der Waals surface area contributed by atoms with Crippen LogP contribution in [0, 0.1) is 0 Å². The Hall–Kier alpha value is -2.46. The second-order valence-corrected chi connectivity index (χ2v) is 7.41. The molecule has 1 aliphatic carbocycles. The van der Waals surface area contributed by atoms with Crippen LogP contribution in [-0.4, -0.2) is 25.9 Å². The highest BCUT2D eigenvalue weighted by Gasteiger charge is 2.40. The first kappa shape index (κ1) is 17.9. The molecule has 0 unspecified atom stereocenters. The molecule has 1 aliphatic rings. The summed E-state index contributed by atoms with van der Waals surface area (Å²) in [5.41, 5.74) is -1.63. The quantitative estimate of drug-likeness (QED) is 0.682. The van der Waals surface area contributed by atoms with Crippen molar-refractivity contribution in [1.82, 2.24) is 20.0 Å². The topological polar surface area (TPSA) is 72.7 Å². The fraction of sp³-hybridized carbons (Fsp3) is 0.250. The minimum Gasteiger partial charge on any atom is -0.296 e. The molecule has 27 heavy (non-hydrogen) atoms. The largest absolute Gasteiger partial charge is 0.434 e. The fourth-order valence-electron chi connectivity index (χ4n) is 2.51. The molecule has 0 atom stereocenters. The third-order valence-corrected chi connectivity index (χ3v) is 5.19. The van der Waals surface area contributed by atoms with E-state index >= 15 is 0 Å². The highest BCUT2D eigenvalue weighted by molar-refractivity contribution is 7.15. The van der Waals surface area contributed by atoms with Gasteiger partial charge in [-0.2, -0.15) is 18.3 Å². The van der Waals surface area contributed by atoms with Crippen LogP contribution < -0.4 is 5.32 Å². The van der Waals surface area contributed by atoms with Crippen molar-refractivity contribution >= 4 is 34.0 Å². The third kappa shape index (κ3) is 3.67. The van der Waals surface area contributed by atoms with Crippen LogP contribution in [0.25, 0.3) is 5.69 Å². The van der Waals surface area contributed by atoms with E-state index in [1.807, 2.05) is 0 Å². The number of aromatic nitrogens is 4. The van der Waals surface area contributed by atoms with Crippen molar-refractivity contribution in [3.05, 3.63) is 51.7 Å². The first-order chi connectivity index (χ1) is 12.8. The summed E-state index contributed by atoms with van der Waals surface area (Å²) in [5, 5.41) is 15.2. The van der Waals surface area contributed by atoms with Crippen LogP contribution in [0.4, 0.5) is 18.3 Å². The van der Waals surface area contributed by atoms with Crippen LogP contribution >= 0.6 is 22.9 Å². The van der Waals surface area contributed by atoms with E-state index in [0.717, 1.165) is 24.0 Å². The smallest absolute Gasteiger partial charge is 0.296 e. The highest BCUT2D eigenvalue weighted by atomic mass is 35.5. The number of hydrogen-bond donors (Lipinski definition) is 1. The maximum atomic E-state index is 13.6. The zero-order valence-corrected chi connectivity index (χ0v) is 15.1. The van der Waals surface area contributed by atoms with Crippen LogP contribution in [0.15, 0.2) is 30.5 Å². The SMILES string of the molecule is O=C(Nc1nnc(C2CC2)s1)c1cnn(-c2ccc(Cl)cc2)c1C(F)(F)F. The first-order valence-electron chi connectivity index (χ1n) is 7.89. The van der Waals surface area contributed by atoms with Gasteiger partial charge in [0.25, 0.3) is 5.91 Å². The Balaban J connectivity index is 1.66. The molecular formula is C16H11ClF3N5OS. The summed E-state index contributed by atoms with van der Waals surface area (Å²) < 4.78 is 41.6. The van der Waals surface area contributed by atoms with Crippen LogP contribution in [0.5, 0.6) is 0 Å². The van der Waals surface area contributed by atoms with Gasteiger partial charge in [0.2, 0.25) is 5.13 Å². The van der Waals surface area contributed by atoms with Crippen molar-refractivity contribution in [1.29, 1.82) is 0 Å². The summed E-state index contributed by atoms with van der Waals surface area (Å²) in [6.07, 6.45) is -1.89. The molecule has 2 aromatic heterocycles. The average Bonchev–Trinajstić information content (AvgIpc) is 3.17. The molecule has 11 heteroatoms. The molecule has 2 heterocycles. The van der Waals surface area contributed by atoms with Crippen LogP contribution in [-0.2, 0) is 6.18 Å². The number of anilines is 1. The van der Waals surface area contributed by atoms with E-state index in [4.69, 9.17) is 11.6 Å². The van der Waals surface area contributed by atoms with E-state index in [1.165, 1.54) is 35.6 Å². The minimum atomic E-state index is -4.79. The van der Waals surface area contributed by atoms with Crippen molar-refractivity contribution in [2.75, 3.05) is 5.32 Å². The molecule has 0 saturated heterocycles. The normalized spacial score (nSPS) is 14.4. The molecule has 1 saturated carbocycles. The lowest BCUT2D eigenvalue weighted by molar-refractivity contribution is -0.143. The van der Waals surface area contributed by atoms with Gasteiger partial charge in [0.1, 0.15) is 5.01 Å². The van der Waals surface area contributed by atoms with Crippen molar-refractivity contribution in [2.24, 2.45) is 0 Å². The fourth-order valence-corrected chi connectivity index (χ4v) is 3.54. The number of benzene rings is 1. The van der Waals surface area contributed by atoms with Crippen molar-refractivity contribution < 1.29 is 18.0 Å². The summed E-state index contributed by atoms with van der Waals surface area (Å²) >= 11 is 6.94. The maximum Gasteiger partial charge on any atom is 0.434 e. The van der Waals surface area contributed by atoms with Gasteiger partial charge in [-0.3, -0.25) is 10.1 Å². The van der Waals surface area contributed by atoms with Gasteiger partial charge in [0.15, 0.2) is 5.69 Å². The summed E-state index contributed by atoms with van der Waals surface area (Å²) in [4.78, 5) is 12.4. The summed E-state index contributed by atoms with van der Waals surface area (Å²) in [6.45, 7) is 0. The standard InChI is InChI=1S/C16H11ClF3N5OS/c17-9-3-5-10(6-4-9)25-12(16(18,19)20)11(7-21-25)13(26)22-15-24-23-14(27-15)8-1-2-8/h3-8H,1-2H2,(H,22,24,26). The number of carbonyl (C=O) groups excluding carboxylic acids is 1. The summed E-state index contributed by atoms with van der Waals surface area (Å²) in [7, 11) is 0. The van der Waals surface area contributed by atoms with Gasteiger partial charge in [-0.1, -0.05) is 22.9 Å². The lowest BCUT2D eigenvalue weighted by Crippen LogP contribution is -2.20. The highest BCUT2D eigenvalue weighted by Crippen LogP contribution is 2.42. The zero-order valence-electron chi connectivity index (χ0n) is 13.5. The molecule has 1 fully saturated rings. The van der Waals surface area contributed by atoms with Gasteiger partial charge in [0, 0.05) is 10.9 Å². The van der Waals surface area contributed by atoms with E-state index in [9.17, 15) is 18.0 Å². The molecule has 6 nitrogen and oxygen atoms in total. The van der Waals surface area contributed by atoms with E-state index in [2.05, 4.69) is 20.6 Å². The number of nitrogens with one attached hydrogen (secondary N) is 1. The second kappa shape index (κ2) is 6.61. The molecule has 1 amide bonds. The molecule has 1 N–H and O–H groups in total. The van der Waals surface area contributed by atoms with Crippen molar-refractivity contribution in [3.8, 4) is 5.69 Å². The van der Waals surface area contributed by atoms with Crippen LogP contribution in [0.1, 0.15) is 39.8 Å². The molecular weight excluding hydrogens is 403 g/mol. The molecule has 140 valence electrons. The number of carbonyl (C=O) groups is 1. The van der Waals surface area contributed by atoms with E-state index in [1.54, 1.807) is 0 Å². The summed E-state index contributed by atoms with van der Waals surface area (Å²) in [5.74, 6) is -0.604. The van der Waals surface area contributed by atoms with Gasteiger partial charge in [-0.25, -0.2) is 4.68 Å². The lowest BCUT2D eigenvalue weighted by Gasteiger charge is -2.12. The summed E-state index contributed by atoms with van der Waals surface area (Å²) in [6, 6.07) is 5.66. The van der Waals surface area contributed by atoms with Crippen molar-refractivity contribution in [3.63, 3.8) is 0 Å². The Bertz CT molecular complexity index is 994. The maximum absolute atomic E-state index is 13.6. The minimum absolute atomic E-state index is 0.137. The van der Waals surface area contributed by atoms with Gasteiger partial charge in [0.05, 0.1) is 17.4 Å². The Kier molecular flexibility index (Phi) is 4.39.